The maximum atomic E-state index is 12.0. The van der Waals surface area contributed by atoms with Crippen molar-refractivity contribution in [2.45, 2.75) is 6.54 Å². The van der Waals surface area contributed by atoms with Crippen LogP contribution in [0, 0.1) is 0 Å². The van der Waals surface area contributed by atoms with Gasteiger partial charge in [0.05, 0.1) is 0 Å². The fourth-order valence-corrected chi connectivity index (χ4v) is 2.54. The highest BCUT2D eigenvalue weighted by atomic mass is 16.4. The molecule has 2 aromatic rings. The number of nitrogens with two attached hydrogens (primary N) is 1. The van der Waals surface area contributed by atoms with Crippen molar-refractivity contribution in [3.8, 4) is 16.9 Å². The molecule has 0 unspecified atom stereocenters. The van der Waals surface area contributed by atoms with E-state index in [0.717, 1.165) is 0 Å². The fraction of sp³-hybridized carbons (Fsp3) is 0.188. The molecule has 132 valence electrons. The number of aromatic nitrogens is 1. The average molecular weight is 347 g/mol. The molecule has 0 bridgehead atoms. The second kappa shape index (κ2) is 6.65. The number of nitrogens with zero attached hydrogens (tertiary/aromatic N) is 1. The standard InChI is InChI=1S/C16H17N3O6/c1-19(2)6-8-5-7(3-4-9(8)20)10-11(15(22)23)13(17)18-14(21)12(10)16(24)25/h3-5,20H,6H2,1-2H3,(H,22,23)(H,24,25)(H3,17,18,21). The van der Waals surface area contributed by atoms with Crippen molar-refractivity contribution in [2.24, 2.45) is 0 Å². The minimum atomic E-state index is -1.58. The first-order chi connectivity index (χ1) is 11.6. The van der Waals surface area contributed by atoms with Gasteiger partial charge in [-0.25, -0.2) is 9.59 Å². The number of aromatic amines is 1. The number of nitrogens with one attached hydrogen (secondary N) is 1. The molecule has 9 nitrogen and oxygen atoms in total. The number of aromatic carboxylic acids is 2. The zero-order valence-electron chi connectivity index (χ0n) is 13.5. The SMILES string of the molecule is CN(C)Cc1cc(-c2c(C(=O)O)c(N)[nH]c(=O)c2C(=O)O)ccc1O. The second-order valence-corrected chi connectivity index (χ2v) is 5.68. The van der Waals surface area contributed by atoms with Gasteiger partial charge in [-0.05, 0) is 31.8 Å². The maximum absolute atomic E-state index is 12.0. The molecule has 0 aliphatic carbocycles. The number of nitrogen functional groups attached to an aromatic ring is 1. The number of hydrogen-bond donors (Lipinski definition) is 5. The highest BCUT2D eigenvalue weighted by Crippen LogP contribution is 2.32. The van der Waals surface area contributed by atoms with E-state index in [2.05, 4.69) is 0 Å². The number of rotatable bonds is 5. The molecule has 9 heteroatoms. The molecule has 0 spiro atoms. The number of pyridine rings is 1. The third kappa shape index (κ3) is 3.45. The van der Waals surface area contributed by atoms with Crippen LogP contribution in [0.4, 0.5) is 5.82 Å². The molecule has 1 aromatic heterocycles. The number of H-pyrrole nitrogens is 1. The van der Waals surface area contributed by atoms with Gasteiger partial charge >= 0.3 is 11.9 Å². The molecule has 0 saturated carbocycles. The Bertz CT molecular complexity index is 917. The number of carboxylic acid groups (broad SMARTS) is 2. The van der Waals surface area contributed by atoms with Crippen LogP contribution in [-0.2, 0) is 6.54 Å². The van der Waals surface area contributed by atoms with Crippen LogP contribution in [0.15, 0.2) is 23.0 Å². The Morgan fingerprint density at radius 3 is 2.28 bits per heavy atom. The largest absolute Gasteiger partial charge is 0.508 e. The van der Waals surface area contributed by atoms with E-state index in [1.165, 1.54) is 18.2 Å². The zero-order chi connectivity index (χ0) is 18.9. The van der Waals surface area contributed by atoms with Gasteiger partial charge in [-0.2, -0.15) is 0 Å². The monoisotopic (exact) mass is 347 g/mol. The van der Waals surface area contributed by atoms with E-state index in [-0.39, 0.29) is 16.9 Å². The lowest BCUT2D eigenvalue weighted by Crippen LogP contribution is -2.24. The third-order valence-corrected chi connectivity index (χ3v) is 3.53. The molecule has 0 amide bonds. The van der Waals surface area contributed by atoms with E-state index in [1.807, 2.05) is 4.98 Å². The third-order valence-electron chi connectivity index (χ3n) is 3.53. The Morgan fingerprint density at radius 2 is 1.76 bits per heavy atom. The summed E-state index contributed by atoms with van der Waals surface area (Å²) in [4.78, 5) is 38.9. The van der Waals surface area contributed by atoms with Gasteiger partial charge < -0.3 is 30.9 Å². The normalized spacial score (nSPS) is 10.8. The molecular weight excluding hydrogens is 330 g/mol. The minimum absolute atomic E-state index is 0.0380. The summed E-state index contributed by atoms with van der Waals surface area (Å²) >= 11 is 0. The molecule has 0 aliphatic heterocycles. The predicted molar refractivity (Wildman–Crippen MR) is 89.9 cm³/mol. The number of benzene rings is 1. The number of carboxylic acids is 2. The van der Waals surface area contributed by atoms with Crippen LogP contribution < -0.4 is 11.3 Å². The second-order valence-electron chi connectivity index (χ2n) is 5.68. The topological polar surface area (TPSA) is 157 Å². The van der Waals surface area contributed by atoms with Gasteiger partial charge in [0.25, 0.3) is 5.56 Å². The first-order valence-corrected chi connectivity index (χ1v) is 7.12. The Labute approximate surface area is 141 Å². The molecule has 0 saturated heterocycles. The van der Waals surface area contributed by atoms with Crippen LogP contribution >= 0.6 is 0 Å². The molecule has 1 heterocycles. The Hall–Kier alpha value is -3.33. The number of hydrogen-bond acceptors (Lipinski definition) is 6. The number of aromatic hydroxyl groups is 1. The summed E-state index contributed by atoms with van der Waals surface area (Å²) in [5, 5.41) is 28.7. The highest BCUT2D eigenvalue weighted by Gasteiger charge is 2.26. The van der Waals surface area contributed by atoms with Crippen molar-refractivity contribution < 1.29 is 24.9 Å². The summed E-state index contributed by atoms with van der Waals surface area (Å²) in [6.45, 7) is 0.323. The van der Waals surface area contributed by atoms with Crippen LogP contribution in [-0.4, -0.2) is 51.2 Å². The lowest BCUT2D eigenvalue weighted by molar-refractivity contribution is 0.0695. The van der Waals surface area contributed by atoms with E-state index in [0.29, 0.717) is 12.1 Å². The molecule has 0 atom stereocenters. The van der Waals surface area contributed by atoms with E-state index in [1.54, 1.807) is 19.0 Å². The van der Waals surface area contributed by atoms with E-state index in [4.69, 9.17) is 5.73 Å². The van der Waals surface area contributed by atoms with Gasteiger partial charge in [-0.15, -0.1) is 0 Å². The van der Waals surface area contributed by atoms with Gasteiger partial charge in [0.2, 0.25) is 0 Å². The molecule has 25 heavy (non-hydrogen) atoms. The molecule has 0 aliphatic rings. The smallest absolute Gasteiger partial charge is 0.342 e. The highest BCUT2D eigenvalue weighted by molar-refractivity contribution is 6.07. The van der Waals surface area contributed by atoms with Crippen molar-refractivity contribution in [3.05, 3.63) is 45.2 Å². The summed E-state index contributed by atoms with van der Waals surface area (Å²) in [5.74, 6) is -3.54. The number of phenolic OH excluding ortho intramolecular Hbond substituents is 1. The summed E-state index contributed by atoms with van der Waals surface area (Å²) in [5.41, 5.74) is 3.63. The molecule has 0 fully saturated rings. The average Bonchev–Trinajstić information content (AvgIpc) is 2.47. The summed E-state index contributed by atoms with van der Waals surface area (Å²) in [7, 11) is 3.53. The Balaban J connectivity index is 2.88. The van der Waals surface area contributed by atoms with Gasteiger partial charge in [-0.1, -0.05) is 6.07 Å². The number of phenols is 1. The fourth-order valence-electron chi connectivity index (χ4n) is 2.54. The van der Waals surface area contributed by atoms with Gasteiger partial charge in [-0.3, -0.25) is 4.79 Å². The first kappa shape index (κ1) is 18.0. The number of anilines is 1. The van der Waals surface area contributed by atoms with Crippen LogP contribution in [0.2, 0.25) is 0 Å². The minimum Gasteiger partial charge on any atom is -0.508 e. The van der Waals surface area contributed by atoms with Crippen LogP contribution in [0.25, 0.3) is 11.1 Å². The summed E-state index contributed by atoms with van der Waals surface area (Å²) < 4.78 is 0. The maximum Gasteiger partial charge on any atom is 0.342 e. The van der Waals surface area contributed by atoms with Crippen molar-refractivity contribution in [3.63, 3.8) is 0 Å². The summed E-state index contributed by atoms with van der Waals surface area (Å²) in [6.07, 6.45) is 0. The Kier molecular flexibility index (Phi) is 4.79. The van der Waals surface area contributed by atoms with Gasteiger partial charge in [0, 0.05) is 17.7 Å². The predicted octanol–water partition coefficient (Wildman–Crippen LogP) is 0.788. The number of carbonyl (C=O) groups is 2. The lowest BCUT2D eigenvalue weighted by Gasteiger charge is -2.15. The lowest BCUT2D eigenvalue weighted by atomic mass is 9.94. The van der Waals surface area contributed by atoms with Crippen LogP contribution in [0.3, 0.4) is 0 Å². The quantitative estimate of drug-likeness (QED) is 0.531. The Morgan fingerprint density at radius 1 is 1.16 bits per heavy atom. The molecule has 6 N–H and O–H groups in total. The summed E-state index contributed by atoms with van der Waals surface area (Å²) in [6, 6.07) is 4.08. The molecule has 0 radical (unpaired) electrons. The molecule has 2 rings (SSSR count). The van der Waals surface area contributed by atoms with Crippen LogP contribution in [0.5, 0.6) is 5.75 Å². The first-order valence-electron chi connectivity index (χ1n) is 7.12. The van der Waals surface area contributed by atoms with Crippen molar-refractivity contribution >= 4 is 17.8 Å². The molecule has 1 aromatic carbocycles. The van der Waals surface area contributed by atoms with E-state index in [9.17, 15) is 29.7 Å². The zero-order valence-corrected chi connectivity index (χ0v) is 13.5. The van der Waals surface area contributed by atoms with E-state index < -0.39 is 34.4 Å². The van der Waals surface area contributed by atoms with Gasteiger partial charge in [0.1, 0.15) is 22.7 Å². The van der Waals surface area contributed by atoms with E-state index >= 15 is 0 Å². The van der Waals surface area contributed by atoms with Crippen LogP contribution in [0.1, 0.15) is 26.3 Å². The van der Waals surface area contributed by atoms with Gasteiger partial charge in [0.15, 0.2) is 0 Å². The van der Waals surface area contributed by atoms with Crippen molar-refractivity contribution in [1.29, 1.82) is 0 Å². The van der Waals surface area contributed by atoms with Crippen molar-refractivity contribution in [1.82, 2.24) is 9.88 Å². The molecular formula is C16H17N3O6. The van der Waals surface area contributed by atoms with Crippen molar-refractivity contribution in [2.75, 3.05) is 19.8 Å².